The molecule has 0 aliphatic carbocycles. The van der Waals surface area contributed by atoms with Gasteiger partial charge in [0.2, 0.25) is 5.91 Å². The van der Waals surface area contributed by atoms with Gasteiger partial charge in [-0.15, -0.1) is 0 Å². The maximum atomic E-state index is 12.4. The SMILES string of the molecule is COc1ccccc1N1CCN(C(=O)C2CCOC2)CC1. The third kappa shape index (κ3) is 2.97. The molecule has 5 heteroatoms. The van der Waals surface area contributed by atoms with Crippen LogP contribution in [0.4, 0.5) is 5.69 Å². The van der Waals surface area contributed by atoms with Crippen molar-refractivity contribution in [3.05, 3.63) is 24.3 Å². The third-order valence-electron chi connectivity index (χ3n) is 4.30. The molecule has 2 heterocycles. The van der Waals surface area contributed by atoms with Crippen LogP contribution in [0, 0.1) is 5.92 Å². The smallest absolute Gasteiger partial charge is 0.228 e. The van der Waals surface area contributed by atoms with Crippen LogP contribution in [0.25, 0.3) is 0 Å². The molecule has 1 unspecified atom stereocenters. The number of piperazine rings is 1. The number of hydrogen-bond acceptors (Lipinski definition) is 4. The molecule has 5 nitrogen and oxygen atoms in total. The van der Waals surface area contributed by atoms with Gasteiger partial charge in [-0.2, -0.15) is 0 Å². The highest BCUT2D eigenvalue weighted by molar-refractivity contribution is 5.79. The standard InChI is InChI=1S/C16H22N2O3/c1-20-15-5-3-2-4-14(15)17-7-9-18(10-8-17)16(19)13-6-11-21-12-13/h2-5,13H,6-12H2,1H3. The molecule has 0 bridgehead atoms. The van der Waals surface area contributed by atoms with Crippen molar-refractivity contribution in [2.24, 2.45) is 5.92 Å². The molecule has 1 atom stereocenters. The van der Waals surface area contributed by atoms with Crippen LogP contribution in [-0.4, -0.2) is 57.3 Å². The molecule has 0 N–H and O–H groups in total. The number of hydrogen-bond donors (Lipinski definition) is 0. The monoisotopic (exact) mass is 290 g/mol. The van der Waals surface area contributed by atoms with Crippen LogP contribution in [0.15, 0.2) is 24.3 Å². The van der Waals surface area contributed by atoms with E-state index in [0.717, 1.165) is 50.6 Å². The molecule has 2 aliphatic heterocycles. The van der Waals surface area contributed by atoms with E-state index in [2.05, 4.69) is 11.0 Å². The van der Waals surface area contributed by atoms with Crippen molar-refractivity contribution in [3.63, 3.8) is 0 Å². The second-order valence-electron chi connectivity index (χ2n) is 5.54. The fourth-order valence-electron chi connectivity index (χ4n) is 3.05. The molecule has 2 saturated heterocycles. The number of methoxy groups -OCH3 is 1. The molecular weight excluding hydrogens is 268 g/mol. The van der Waals surface area contributed by atoms with Gasteiger partial charge in [0.05, 0.1) is 25.3 Å². The average molecular weight is 290 g/mol. The van der Waals surface area contributed by atoms with Gasteiger partial charge < -0.3 is 19.3 Å². The molecule has 0 spiro atoms. The Balaban J connectivity index is 1.61. The number of carbonyl (C=O) groups is 1. The second kappa shape index (κ2) is 6.35. The minimum Gasteiger partial charge on any atom is -0.495 e. The molecule has 2 aliphatic rings. The molecule has 1 amide bonds. The van der Waals surface area contributed by atoms with Gasteiger partial charge in [-0.1, -0.05) is 12.1 Å². The Kier molecular flexibility index (Phi) is 4.29. The van der Waals surface area contributed by atoms with Crippen molar-refractivity contribution in [1.82, 2.24) is 4.90 Å². The van der Waals surface area contributed by atoms with Gasteiger partial charge in [0.25, 0.3) is 0 Å². The van der Waals surface area contributed by atoms with E-state index >= 15 is 0 Å². The van der Waals surface area contributed by atoms with Crippen molar-refractivity contribution in [2.75, 3.05) is 51.4 Å². The summed E-state index contributed by atoms with van der Waals surface area (Å²) in [5.74, 6) is 1.22. The fourth-order valence-corrected chi connectivity index (χ4v) is 3.05. The zero-order valence-electron chi connectivity index (χ0n) is 12.5. The van der Waals surface area contributed by atoms with Crippen LogP contribution in [0.3, 0.4) is 0 Å². The normalized spacial score (nSPS) is 22.4. The summed E-state index contributed by atoms with van der Waals surface area (Å²) in [5, 5.41) is 0. The first-order valence-corrected chi connectivity index (χ1v) is 7.54. The maximum absolute atomic E-state index is 12.4. The Morgan fingerprint density at radius 1 is 1.24 bits per heavy atom. The van der Waals surface area contributed by atoms with E-state index in [1.807, 2.05) is 23.1 Å². The van der Waals surface area contributed by atoms with E-state index in [1.54, 1.807) is 7.11 Å². The van der Waals surface area contributed by atoms with Crippen molar-refractivity contribution in [1.29, 1.82) is 0 Å². The van der Waals surface area contributed by atoms with Gasteiger partial charge in [0.15, 0.2) is 0 Å². The Labute approximate surface area is 125 Å². The first-order valence-electron chi connectivity index (χ1n) is 7.54. The molecule has 1 aromatic carbocycles. The first-order chi connectivity index (χ1) is 10.3. The zero-order chi connectivity index (χ0) is 14.7. The van der Waals surface area contributed by atoms with E-state index in [-0.39, 0.29) is 11.8 Å². The van der Waals surface area contributed by atoms with Crippen molar-refractivity contribution >= 4 is 11.6 Å². The van der Waals surface area contributed by atoms with E-state index in [1.165, 1.54) is 0 Å². The summed E-state index contributed by atoms with van der Waals surface area (Å²) in [5.41, 5.74) is 1.11. The van der Waals surface area contributed by atoms with E-state index in [0.29, 0.717) is 6.61 Å². The quantitative estimate of drug-likeness (QED) is 0.843. The average Bonchev–Trinajstić information content (AvgIpc) is 3.09. The summed E-state index contributed by atoms with van der Waals surface area (Å²) in [4.78, 5) is 16.6. The van der Waals surface area contributed by atoms with Gasteiger partial charge in [-0.05, 0) is 18.6 Å². The topological polar surface area (TPSA) is 42.0 Å². The van der Waals surface area contributed by atoms with Gasteiger partial charge in [-0.3, -0.25) is 4.79 Å². The van der Waals surface area contributed by atoms with E-state index in [4.69, 9.17) is 9.47 Å². The first kappa shape index (κ1) is 14.2. The lowest BCUT2D eigenvalue weighted by Crippen LogP contribution is -2.50. The van der Waals surface area contributed by atoms with Crippen LogP contribution in [0.1, 0.15) is 6.42 Å². The lowest BCUT2D eigenvalue weighted by atomic mass is 10.1. The number of anilines is 1. The van der Waals surface area contributed by atoms with Crippen LogP contribution in [0.2, 0.25) is 0 Å². The van der Waals surface area contributed by atoms with Crippen molar-refractivity contribution < 1.29 is 14.3 Å². The predicted octanol–water partition coefficient (Wildman–Crippen LogP) is 1.38. The minimum atomic E-state index is 0.0720. The number of nitrogens with zero attached hydrogens (tertiary/aromatic N) is 2. The van der Waals surface area contributed by atoms with E-state index in [9.17, 15) is 4.79 Å². The molecule has 2 fully saturated rings. The minimum absolute atomic E-state index is 0.0720. The summed E-state index contributed by atoms with van der Waals surface area (Å²) in [6, 6.07) is 8.04. The summed E-state index contributed by atoms with van der Waals surface area (Å²) < 4.78 is 10.7. The molecule has 0 saturated carbocycles. The molecule has 1 aromatic rings. The molecule has 3 rings (SSSR count). The molecule has 0 aromatic heterocycles. The number of amides is 1. The van der Waals surface area contributed by atoms with Gasteiger partial charge in [-0.25, -0.2) is 0 Å². The lowest BCUT2D eigenvalue weighted by Gasteiger charge is -2.37. The Morgan fingerprint density at radius 2 is 2.00 bits per heavy atom. The van der Waals surface area contributed by atoms with Crippen molar-refractivity contribution in [3.8, 4) is 5.75 Å². The Bertz CT molecular complexity index is 492. The maximum Gasteiger partial charge on any atom is 0.228 e. The van der Waals surface area contributed by atoms with Gasteiger partial charge in [0.1, 0.15) is 5.75 Å². The summed E-state index contributed by atoms with van der Waals surface area (Å²) in [7, 11) is 1.69. The summed E-state index contributed by atoms with van der Waals surface area (Å²) in [6.07, 6.45) is 0.867. The predicted molar refractivity (Wildman–Crippen MR) is 80.7 cm³/mol. The number of benzene rings is 1. The van der Waals surface area contributed by atoms with Gasteiger partial charge >= 0.3 is 0 Å². The molecule has 21 heavy (non-hydrogen) atoms. The fraction of sp³-hybridized carbons (Fsp3) is 0.562. The number of rotatable bonds is 3. The number of para-hydroxylation sites is 2. The third-order valence-corrected chi connectivity index (χ3v) is 4.30. The van der Waals surface area contributed by atoms with Gasteiger partial charge in [0, 0.05) is 32.8 Å². The lowest BCUT2D eigenvalue weighted by molar-refractivity contribution is -0.135. The van der Waals surface area contributed by atoms with Crippen molar-refractivity contribution in [2.45, 2.75) is 6.42 Å². The summed E-state index contributed by atoms with van der Waals surface area (Å²) in [6.45, 7) is 4.54. The van der Waals surface area contributed by atoms with Crippen LogP contribution >= 0.6 is 0 Å². The number of carbonyl (C=O) groups excluding carboxylic acids is 1. The van der Waals surface area contributed by atoms with E-state index < -0.39 is 0 Å². The zero-order valence-corrected chi connectivity index (χ0v) is 12.5. The Morgan fingerprint density at radius 3 is 2.67 bits per heavy atom. The highest BCUT2D eigenvalue weighted by atomic mass is 16.5. The molecule has 0 radical (unpaired) electrons. The number of ether oxygens (including phenoxy) is 2. The van der Waals surface area contributed by atoms with Crippen LogP contribution < -0.4 is 9.64 Å². The summed E-state index contributed by atoms with van der Waals surface area (Å²) >= 11 is 0. The highest BCUT2D eigenvalue weighted by Crippen LogP contribution is 2.28. The highest BCUT2D eigenvalue weighted by Gasteiger charge is 2.30. The second-order valence-corrected chi connectivity index (χ2v) is 5.54. The van der Waals surface area contributed by atoms with Crippen LogP contribution in [0.5, 0.6) is 5.75 Å². The Hall–Kier alpha value is -1.75. The van der Waals surface area contributed by atoms with Crippen LogP contribution in [-0.2, 0) is 9.53 Å². The largest absolute Gasteiger partial charge is 0.495 e. The molecular formula is C16H22N2O3. The molecule has 114 valence electrons.